The van der Waals surface area contributed by atoms with Gasteiger partial charge in [0.15, 0.2) is 10.9 Å². The Kier molecular flexibility index (Phi) is 5.88. The molecule has 1 amide bonds. The van der Waals surface area contributed by atoms with Gasteiger partial charge >= 0.3 is 0 Å². The summed E-state index contributed by atoms with van der Waals surface area (Å²) in [7, 11) is 0. The second-order valence-corrected chi connectivity index (χ2v) is 9.54. The molecule has 5 rings (SSSR count). The fourth-order valence-electron chi connectivity index (χ4n) is 3.46. The summed E-state index contributed by atoms with van der Waals surface area (Å²) in [6, 6.07) is 19.4. The van der Waals surface area contributed by atoms with Gasteiger partial charge in [-0.25, -0.2) is 0 Å². The predicted octanol–water partition coefficient (Wildman–Crippen LogP) is 4.88. The van der Waals surface area contributed by atoms with Gasteiger partial charge < -0.3 is 5.32 Å². The van der Waals surface area contributed by atoms with Crippen molar-refractivity contribution in [2.24, 2.45) is 0 Å². The summed E-state index contributed by atoms with van der Waals surface area (Å²) in [6.45, 7) is 2.36. The first-order valence-electron chi connectivity index (χ1n) is 10.0. The summed E-state index contributed by atoms with van der Waals surface area (Å²) in [5.74, 6) is 0.519. The van der Waals surface area contributed by atoms with E-state index in [-0.39, 0.29) is 11.0 Å². The molecule has 2 aromatic heterocycles. The van der Waals surface area contributed by atoms with E-state index in [0.29, 0.717) is 12.1 Å². The maximum atomic E-state index is 12.8. The van der Waals surface area contributed by atoms with Gasteiger partial charge in [0.05, 0.1) is 0 Å². The van der Waals surface area contributed by atoms with Crippen LogP contribution in [0.1, 0.15) is 21.7 Å². The fraction of sp³-hybridized carbons (Fsp3) is 0.0870. The number of hydrogen-bond donors (Lipinski definition) is 2. The summed E-state index contributed by atoms with van der Waals surface area (Å²) in [4.78, 5) is 13.6. The Morgan fingerprint density at radius 3 is 2.61 bits per heavy atom. The van der Waals surface area contributed by atoms with E-state index in [1.807, 2.05) is 61.5 Å². The van der Waals surface area contributed by atoms with Crippen molar-refractivity contribution in [3.05, 3.63) is 82.1 Å². The first-order chi connectivity index (χ1) is 16.0. The van der Waals surface area contributed by atoms with Gasteiger partial charge in [-0.2, -0.15) is 9.61 Å². The number of nitrogens with one attached hydrogen (secondary N) is 2. The molecule has 164 valence electrons. The Hall–Kier alpha value is -3.21. The molecule has 0 saturated carbocycles. The Bertz CT molecular complexity index is 1510. The van der Waals surface area contributed by atoms with E-state index in [1.54, 1.807) is 10.6 Å². The van der Waals surface area contributed by atoms with E-state index >= 15 is 0 Å². The molecule has 2 heterocycles. The molecule has 2 N–H and O–H groups in total. The minimum atomic E-state index is -0.245. The van der Waals surface area contributed by atoms with Gasteiger partial charge in [0.2, 0.25) is 4.96 Å². The Balaban J connectivity index is 1.22. The number of benzene rings is 3. The number of fused-ring (bicyclic) bond motifs is 2. The number of aryl methyl sites for hydroxylation is 1. The van der Waals surface area contributed by atoms with E-state index in [4.69, 9.17) is 12.2 Å². The van der Waals surface area contributed by atoms with Crippen molar-refractivity contribution in [3.8, 4) is 10.6 Å². The average molecular weight is 537 g/mol. The molecule has 0 aliphatic heterocycles. The van der Waals surface area contributed by atoms with Crippen LogP contribution in [0.3, 0.4) is 0 Å². The van der Waals surface area contributed by atoms with Crippen LogP contribution in [0.4, 0.5) is 0 Å². The van der Waals surface area contributed by atoms with Crippen molar-refractivity contribution >= 4 is 66.2 Å². The number of carbonyl (C=O) groups excluding carboxylic acids is 1. The summed E-state index contributed by atoms with van der Waals surface area (Å²) < 4.78 is 2.68. The van der Waals surface area contributed by atoms with Gasteiger partial charge in [0.25, 0.3) is 5.91 Å². The lowest BCUT2D eigenvalue weighted by Crippen LogP contribution is -2.38. The molecule has 0 aliphatic carbocycles. The number of hydrogen-bond acceptors (Lipinski definition) is 6. The molecule has 0 unspecified atom stereocenters. The summed E-state index contributed by atoms with van der Waals surface area (Å²) >= 11 is 10.4. The minimum absolute atomic E-state index is 0.245. The number of halogens is 1. The SMILES string of the molecule is Cc1nnc2sc(-c3ccc(CNC(=S)NC(=O)c4cccc5c(Br)cccc45)cc3)nn12. The molecule has 0 spiro atoms. The maximum Gasteiger partial charge on any atom is 0.258 e. The van der Waals surface area contributed by atoms with Crippen molar-refractivity contribution in [3.63, 3.8) is 0 Å². The zero-order chi connectivity index (χ0) is 22.9. The van der Waals surface area contributed by atoms with Crippen LogP contribution in [-0.4, -0.2) is 30.8 Å². The zero-order valence-corrected chi connectivity index (χ0v) is 20.6. The van der Waals surface area contributed by atoms with Crippen LogP contribution >= 0.6 is 39.5 Å². The molecule has 3 aromatic carbocycles. The Morgan fingerprint density at radius 2 is 1.82 bits per heavy atom. The lowest BCUT2D eigenvalue weighted by molar-refractivity contribution is 0.0978. The number of thiocarbonyl (C=S) groups is 1. The van der Waals surface area contributed by atoms with Crippen molar-refractivity contribution in [1.82, 2.24) is 30.4 Å². The van der Waals surface area contributed by atoms with Gasteiger partial charge in [0, 0.05) is 22.1 Å². The van der Waals surface area contributed by atoms with Crippen molar-refractivity contribution in [1.29, 1.82) is 0 Å². The third-order valence-corrected chi connectivity index (χ3v) is 7.03. The second-order valence-electron chi connectivity index (χ2n) is 7.32. The van der Waals surface area contributed by atoms with Crippen LogP contribution in [0.2, 0.25) is 0 Å². The van der Waals surface area contributed by atoms with Crippen LogP contribution in [0, 0.1) is 6.92 Å². The van der Waals surface area contributed by atoms with E-state index in [0.717, 1.165) is 42.2 Å². The highest BCUT2D eigenvalue weighted by Gasteiger charge is 2.13. The molecule has 10 heteroatoms. The van der Waals surface area contributed by atoms with Crippen molar-refractivity contribution in [2.75, 3.05) is 0 Å². The van der Waals surface area contributed by atoms with Crippen molar-refractivity contribution in [2.45, 2.75) is 13.5 Å². The van der Waals surface area contributed by atoms with Crippen LogP contribution in [-0.2, 0) is 6.54 Å². The van der Waals surface area contributed by atoms with Gasteiger partial charge in [0.1, 0.15) is 5.01 Å². The number of carbonyl (C=O) groups is 1. The first-order valence-corrected chi connectivity index (χ1v) is 12.1. The predicted molar refractivity (Wildman–Crippen MR) is 137 cm³/mol. The number of amides is 1. The monoisotopic (exact) mass is 536 g/mol. The normalized spacial score (nSPS) is 11.1. The highest BCUT2D eigenvalue weighted by Crippen LogP contribution is 2.27. The summed E-state index contributed by atoms with van der Waals surface area (Å²) in [5.41, 5.74) is 2.61. The number of nitrogens with zero attached hydrogens (tertiary/aromatic N) is 4. The molecule has 0 bridgehead atoms. The quantitative estimate of drug-likeness (QED) is 0.318. The summed E-state index contributed by atoms with van der Waals surface area (Å²) in [5, 5.41) is 21.5. The van der Waals surface area contributed by atoms with Gasteiger partial charge in [-0.3, -0.25) is 10.1 Å². The number of aromatic nitrogens is 4. The zero-order valence-electron chi connectivity index (χ0n) is 17.4. The van der Waals surface area contributed by atoms with Crippen molar-refractivity contribution < 1.29 is 4.79 Å². The largest absolute Gasteiger partial charge is 0.358 e. The van der Waals surface area contributed by atoms with Crippen LogP contribution in [0.25, 0.3) is 26.3 Å². The Morgan fingerprint density at radius 1 is 1.06 bits per heavy atom. The maximum absolute atomic E-state index is 12.8. The lowest BCUT2D eigenvalue weighted by Gasteiger charge is -2.11. The average Bonchev–Trinajstić information content (AvgIpc) is 3.40. The lowest BCUT2D eigenvalue weighted by atomic mass is 10.0. The molecule has 0 fully saturated rings. The highest BCUT2D eigenvalue weighted by molar-refractivity contribution is 9.10. The first kappa shape index (κ1) is 21.6. The van der Waals surface area contributed by atoms with Gasteiger partial charge in [-0.15, -0.1) is 10.2 Å². The van der Waals surface area contributed by atoms with Crippen LogP contribution in [0.5, 0.6) is 0 Å². The molecular weight excluding hydrogens is 520 g/mol. The third-order valence-electron chi connectivity index (χ3n) is 5.14. The molecule has 0 radical (unpaired) electrons. The highest BCUT2D eigenvalue weighted by atomic mass is 79.9. The van der Waals surface area contributed by atoms with E-state index in [9.17, 15) is 4.79 Å². The molecule has 33 heavy (non-hydrogen) atoms. The third kappa shape index (κ3) is 4.37. The number of rotatable bonds is 4. The molecule has 0 atom stereocenters. The van der Waals surface area contributed by atoms with E-state index in [2.05, 4.69) is 41.9 Å². The minimum Gasteiger partial charge on any atom is -0.358 e. The standard InChI is InChI=1S/C23H17BrN6OS2/c1-13-27-28-23-30(13)29-21(33-23)15-10-8-14(9-11-15)12-25-22(32)26-20(31)18-6-2-5-17-16(18)4-3-7-19(17)24/h2-11H,12H2,1H3,(H2,25,26,31,32). The fourth-order valence-corrected chi connectivity index (χ4v) is 5.02. The van der Waals surface area contributed by atoms with Gasteiger partial charge in [-0.05, 0) is 47.6 Å². The smallest absolute Gasteiger partial charge is 0.258 e. The van der Waals surface area contributed by atoms with Crippen LogP contribution < -0.4 is 10.6 Å². The van der Waals surface area contributed by atoms with E-state index in [1.165, 1.54) is 11.3 Å². The van der Waals surface area contributed by atoms with Crippen LogP contribution in [0.15, 0.2) is 65.1 Å². The topological polar surface area (TPSA) is 84.2 Å². The molecular formula is C23H17BrN6OS2. The summed E-state index contributed by atoms with van der Waals surface area (Å²) in [6.07, 6.45) is 0. The molecule has 5 aromatic rings. The molecule has 0 aliphatic rings. The second kappa shape index (κ2) is 8.97. The van der Waals surface area contributed by atoms with E-state index < -0.39 is 0 Å². The Labute approximate surface area is 207 Å². The molecule has 7 nitrogen and oxygen atoms in total. The van der Waals surface area contributed by atoms with Gasteiger partial charge in [-0.1, -0.05) is 75.8 Å². The molecule has 0 saturated heterocycles.